The summed E-state index contributed by atoms with van der Waals surface area (Å²) in [6.07, 6.45) is -1.12. The van der Waals surface area contributed by atoms with Crippen molar-refractivity contribution in [1.82, 2.24) is 4.57 Å². The molecule has 31 heavy (non-hydrogen) atoms. The number of benzene rings is 2. The van der Waals surface area contributed by atoms with Crippen LogP contribution in [-0.4, -0.2) is 16.4 Å². The quantitative estimate of drug-likeness (QED) is 0.522. The number of aromatic nitrogens is 1. The Morgan fingerprint density at radius 2 is 1.77 bits per heavy atom. The summed E-state index contributed by atoms with van der Waals surface area (Å²) in [4.78, 5) is 25.4. The first-order valence-electron chi connectivity index (χ1n) is 10.00. The van der Waals surface area contributed by atoms with Crippen molar-refractivity contribution in [2.24, 2.45) is 5.92 Å². The van der Waals surface area contributed by atoms with Crippen molar-refractivity contribution in [2.75, 3.05) is 5.32 Å². The molecule has 0 radical (unpaired) electrons. The molecule has 1 heterocycles. The third-order valence-electron chi connectivity index (χ3n) is 5.71. The Kier molecular flexibility index (Phi) is 5.33. The van der Waals surface area contributed by atoms with E-state index < -0.39 is 29.0 Å². The summed E-state index contributed by atoms with van der Waals surface area (Å²) in [6.45, 7) is 1.56. The number of rotatable bonds is 3. The fourth-order valence-electron chi connectivity index (χ4n) is 4.22. The summed E-state index contributed by atoms with van der Waals surface area (Å²) in [6, 6.07) is 8.85. The number of anilines is 1. The van der Waals surface area contributed by atoms with Gasteiger partial charge in [-0.2, -0.15) is 13.2 Å². The summed E-state index contributed by atoms with van der Waals surface area (Å²) in [5, 5.41) is 3.42. The van der Waals surface area contributed by atoms with Crippen molar-refractivity contribution in [3.05, 3.63) is 65.1 Å². The lowest BCUT2D eigenvalue weighted by atomic mass is 10.1. The second-order valence-electron chi connectivity index (χ2n) is 7.83. The number of nitrogens with zero attached hydrogens (tertiary/aromatic N) is 1. The van der Waals surface area contributed by atoms with Gasteiger partial charge >= 0.3 is 6.18 Å². The highest BCUT2D eigenvalue weighted by molar-refractivity contribution is 6.05. The molecule has 1 N–H and O–H groups in total. The molecule has 0 spiro atoms. The van der Waals surface area contributed by atoms with Crippen LogP contribution in [0.4, 0.5) is 23.2 Å². The molecule has 1 saturated carbocycles. The number of amides is 1. The summed E-state index contributed by atoms with van der Waals surface area (Å²) in [5.74, 6) is -2.42. The zero-order chi connectivity index (χ0) is 22.3. The number of halogens is 4. The van der Waals surface area contributed by atoms with Gasteiger partial charge in [-0.25, -0.2) is 4.39 Å². The van der Waals surface area contributed by atoms with Crippen molar-refractivity contribution in [3.63, 3.8) is 0 Å². The molecule has 1 amide bonds. The maximum Gasteiger partial charge on any atom is 0.417 e. The molecular weight excluding hydrogens is 412 g/mol. The molecule has 0 unspecified atom stereocenters. The molecule has 4 rings (SSSR count). The molecule has 0 saturated heterocycles. The minimum absolute atomic E-state index is 0.0227. The Hall–Kier alpha value is -3.16. The zero-order valence-electron chi connectivity index (χ0n) is 16.7. The smallest absolute Gasteiger partial charge is 0.326 e. The number of hydrogen-bond acceptors (Lipinski definition) is 2. The van der Waals surface area contributed by atoms with Crippen LogP contribution < -0.4 is 5.32 Å². The molecule has 162 valence electrons. The van der Waals surface area contributed by atoms with Gasteiger partial charge in [-0.3, -0.25) is 14.2 Å². The highest BCUT2D eigenvalue weighted by Crippen LogP contribution is 2.35. The van der Waals surface area contributed by atoms with E-state index in [2.05, 4.69) is 5.32 Å². The zero-order valence-corrected chi connectivity index (χ0v) is 16.7. The van der Waals surface area contributed by atoms with Gasteiger partial charge in [0.15, 0.2) is 0 Å². The number of hydrogen-bond donors (Lipinski definition) is 1. The monoisotopic (exact) mass is 432 g/mol. The molecule has 1 aliphatic carbocycles. The van der Waals surface area contributed by atoms with Gasteiger partial charge in [-0.05, 0) is 56.2 Å². The Labute approximate surface area is 175 Å². The van der Waals surface area contributed by atoms with E-state index in [-0.39, 0.29) is 11.8 Å². The van der Waals surface area contributed by atoms with Crippen LogP contribution in [-0.2, 0) is 11.0 Å². The van der Waals surface area contributed by atoms with Crippen molar-refractivity contribution < 1.29 is 27.2 Å². The lowest BCUT2D eigenvalue weighted by molar-refractivity contribution is -0.138. The van der Waals surface area contributed by atoms with Crippen LogP contribution in [0.5, 0.6) is 0 Å². The summed E-state index contributed by atoms with van der Waals surface area (Å²) in [5.41, 5.74) is -1.11. The number of carbonyl (C=O) groups excluding carboxylic acids is 2. The van der Waals surface area contributed by atoms with Crippen molar-refractivity contribution >= 4 is 28.4 Å². The van der Waals surface area contributed by atoms with Crippen molar-refractivity contribution in [3.8, 4) is 0 Å². The molecule has 1 fully saturated rings. The standard InChI is InChI=1S/C23H20F4N2O2/c1-13-11-15-12-16(28-21(30)14-5-2-3-6-14)9-10-19(15)29(13)22(31)20-17(23(25,26)27)7-4-8-18(20)24/h4,7-12,14H,2-3,5-6H2,1H3,(H,28,30). The number of aryl methyl sites for hydroxylation is 1. The topological polar surface area (TPSA) is 51.1 Å². The van der Waals surface area contributed by atoms with Crippen LogP contribution in [0.15, 0.2) is 42.5 Å². The lowest BCUT2D eigenvalue weighted by Gasteiger charge is -2.15. The predicted octanol–water partition coefficient (Wildman–Crippen LogP) is 5.92. The SMILES string of the molecule is Cc1cc2cc(NC(=O)C3CCCC3)ccc2n1C(=O)c1c(F)cccc1C(F)(F)F. The van der Waals surface area contributed by atoms with Crippen LogP contribution in [0.3, 0.4) is 0 Å². The molecule has 0 bridgehead atoms. The number of nitrogens with one attached hydrogen (secondary N) is 1. The molecule has 0 aliphatic heterocycles. The van der Waals surface area contributed by atoms with E-state index in [4.69, 9.17) is 0 Å². The molecule has 3 aromatic rings. The van der Waals surface area contributed by atoms with E-state index in [1.165, 1.54) is 0 Å². The van der Waals surface area contributed by atoms with E-state index in [0.717, 1.165) is 42.4 Å². The molecular formula is C23H20F4N2O2. The van der Waals surface area contributed by atoms with Gasteiger partial charge < -0.3 is 5.32 Å². The fraction of sp³-hybridized carbons (Fsp3) is 0.304. The Bertz CT molecular complexity index is 1170. The van der Waals surface area contributed by atoms with Crippen LogP contribution in [0.25, 0.3) is 10.9 Å². The highest BCUT2D eigenvalue weighted by atomic mass is 19.4. The van der Waals surface area contributed by atoms with E-state index in [9.17, 15) is 27.2 Å². The number of carbonyl (C=O) groups is 2. The molecule has 4 nitrogen and oxygen atoms in total. The Balaban J connectivity index is 1.72. The fourth-order valence-corrected chi connectivity index (χ4v) is 4.22. The first kappa shape index (κ1) is 21.1. The molecule has 1 aromatic heterocycles. The van der Waals surface area contributed by atoms with Crippen LogP contribution in [0.1, 0.15) is 47.3 Å². The van der Waals surface area contributed by atoms with E-state index in [1.54, 1.807) is 31.2 Å². The second-order valence-corrected chi connectivity index (χ2v) is 7.83. The van der Waals surface area contributed by atoms with E-state index in [0.29, 0.717) is 28.4 Å². The van der Waals surface area contributed by atoms with Gasteiger partial charge in [0.05, 0.1) is 16.6 Å². The summed E-state index contributed by atoms with van der Waals surface area (Å²) >= 11 is 0. The van der Waals surface area contributed by atoms with Gasteiger partial charge in [-0.1, -0.05) is 18.9 Å². The van der Waals surface area contributed by atoms with Gasteiger partial charge in [0.25, 0.3) is 5.91 Å². The first-order chi connectivity index (χ1) is 14.7. The van der Waals surface area contributed by atoms with Gasteiger partial charge in [-0.15, -0.1) is 0 Å². The van der Waals surface area contributed by atoms with Crippen LogP contribution >= 0.6 is 0 Å². The van der Waals surface area contributed by atoms with E-state index in [1.807, 2.05) is 0 Å². The van der Waals surface area contributed by atoms with Crippen molar-refractivity contribution in [2.45, 2.75) is 38.8 Å². The number of fused-ring (bicyclic) bond motifs is 1. The average molecular weight is 432 g/mol. The molecule has 0 atom stereocenters. The minimum atomic E-state index is -4.87. The van der Waals surface area contributed by atoms with Gasteiger partial charge in [0, 0.05) is 22.7 Å². The van der Waals surface area contributed by atoms with Gasteiger partial charge in [0.2, 0.25) is 5.91 Å². The normalized spacial score (nSPS) is 14.9. The predicted molar refractivity (Wildman–Crippen MR) is 108 cm³/mol. The van der Waals surface area contributed by atoms with Gasteiger partial charge in [0.1, 0.15) is 5.82 Å². The summed E-state index contributed by atoms with van der Waals surface area (Å²) < 4.78 is 55.5. The molecule has 1 aliphatic rings. The number of alkyl halides is 3. The highest BCUT2D eigenvalue weighted by Gasteiger charge is 2.37. The first-order valence-corrected chi connectivity index (χ1v) is 10.00. The van der Waals surface area contributed by atoms with E-state index >= 15 is 0 Å². The Morgan fingerprint density at radius 3 is 2.45 bits per heavy atom. The average Bonchev–Trinajstić information content (AvgIpc) is 3.33. The molecule has 2 aromatic carbocycles. The summed E-state index contributed by atoms with van der Waals surface area (Å²) in [7, 11) is 0. The maximum atomic E-state index is 14.3. The third-order valence-corrected chi connectivity index (χ3v) is 5.71. The molecule has 8 heteroatoms. The maximum absolute atomic E-state index is 14.3. The minimum Gasteiger partial charge on any atom is -0.326 e. The largest absolute Gasteiger partial charge is 0.417 e. The third kappa shape index (κ3) is 3.94. The van der Waals surface area contributed by atoms with Crippen LogP contribution in [0.2, 0.25) is 0 Å². The Morgan fingerprint density at radius 1 is 1.06 bits per heavy atom. The lowest BCUT2D eigenvalue weighted by Crippen LogP contribution is -2.21. The second kappa shape index (κ2) is 7.83. The van der Waals surface area contributed by atoms with Crippen molar-refractivity contribution in [1.29, 1.82) is 0 Å². The van der Waals surface area contributed by atoms with Crippen LogP contribution in [0, 0.1) is 18.7 Å².